The van der Waals surface area contributed by atoms with Gasteiger partial charge in [0.15, 0.2) is 17.0 Å². The van der Waals surface area contributed by atoms with Gasteiger partial charge in [-0.2, -0.15) is 9.97 Å². The summed E-state index contributed by atoms with van der Waals surface area (Å²) in [5, 5.41) is 14.4. The number of rotatable bonds is 8. The lowest BCUT2D eigenvalue weighted by atomic mass is 10.0. The zero-order chi connectivity index (χ0) is 28.3. The monoisotopic (exact) mass is 538 g/mol. The van der Waals surface area contributed by atoms with Crippen molar-refractivity contribution in [1.82, 2.24) is 19.5 Å². The van der Waals surface area contributed by atoms with Crippen molar-refractivity contribution in [2.45, 2.75) is 39.5 Å². The van der Waals surface area contributed by atoms with E-state index in [-0.39, 0.29) is 24.9 Å². The lowest BCUT2D eigenvalue weighted by Crippen LogP contribution is -2.37. The molecule has 0 saturated carbocycles. The minimum Gasteiger partial charge on any atom is -0.480 e. The smallest absolute Gasteiger partial charge is 0.417 e. The molecule has 5 aromatic rings. The van der Waals surface area contributed by atoms with Crippen LogP contribution in [0, 0.1) is 0 Å². The number of nitrogens with zero attached hydrogens (tertiary/aromatic N) is 5. The Labute approximate surface area is 231 Å². The number of aromatic nitrogens is 4. The van der Waals surface area contributed by atoms with Gasteiger partial charge in [-0.15, -0.1) is 0 Å². The van der Waals surface area contributed by atoms with Crippen LogP contribution in [0.1, 0.15) is 31.9 Å². The number of carboxylic acid groups (broad SMARTS) is 1. The highest BCUT2D eigenvalue weighted by Gasteiger charge is 2.27. The Morgan fingerprint density at radius 1 is 0.975 bits per heavy atom. The molecule has 10 nitrogen and oxygen atoms in total. The molecular formula is C30H30N6O4. The SMILES string of the molecule is CC(C)(C)OC(=O)N(Cc1ccccc1)c1nc(NCC(=O)O)c2ncn(Cc3cccc4ccccc34)c2n1. The Morgan fingerprint density at radius 3 is 2.45 bits per heavy atom. The van der Waals surface area contributed by atoms with E-state index in [1.165, 1.54) is 4.90 Å². The van der Waals surface area contributed by atoms with Gasteiger partial charge in [0.05, 0.1) is 19.4 Å². The number of aliphatic carboxylic acids is 1. The Bertz CT molecular complexity index is 1670. The highest BCUT2D eigenvalue weighted by Crippen LogP contribution is 2.27. The van der Waals surface area contributed by atoms with Gasteiger partial charge in [0.25, 0.3) is 0 Å². The van der Waals surface area contributed by atoms with Gasteiger partial charge in [-0.05, 0) is 42.7 Å². The molecule has 2 heterocycles. The molecule has 0 aliphatic heterocycles. The van der Waals surface area contributed by atoms with Crippen LogP contribution in [-0.4, -0.2) is 48.8 Å². The topological polar surface area (TPSA) is 122 Å². The van der Waals surface area contributed by atoms with Gasteiger partial charge in [0.1, 0.15) is 12.1 Å². The minimum absolute atomic E-state index is 0.0677. The van der Waals surface area contributed by atoms with Crippen LogP contribution in [0.4, 0.5) is 16.6 Å². The summed E-state index contributed by atoms with van der Waals surface area (Å²) in [5.41, 5.74) is 2.00. The molecular weight excluding hydrogens is 508 g/mol. The van der Waals surface area contributed by atoms with Gasteiger partial charge in [0, 0.05) is 0 Å². The minimum atomic E-state index is -1.06. The maximum Gasteiger partial charge on any atom is 0.417 e. The van der Waals surface area contributed by atoms with Crippen LogP contribution in [0.25, 0.3) is 21.9 Å². The number of benzene rings is 3. The molecule has 0 bridgehead atoms. The van der Waals surface area contributed by atoms with Crippen LogP contribution in [-0.2, 0) is 22.6 Å². The van der Waals surface area contributed by atoms with Gasteiger partial charge >= 0.3 is 12.1 Å². The van der Waals surface area contributed by atoms with Crippen LogP contribution in [0.3, 0.4) is 0 Å². The summed E-state index contributed by atoms with van der Waals surface area (Å²) in [6, 6.07) is 23.7. The normalized spacial score (nSPS) is 11.5. The third-order valence-electron chi connectivity index (χ3n) is 6.12. The largest absolute Gasteiger partial charge is 0.480 e. The first kappa shape index (κ1) is 26.6. The van der Waals surface area contributed by atoms with E-state index in [1.807, 2.05) is 59.2 Å². The Morgan fingerprint density at radius 2 is 1.70 bits per heavy atom. The maximum absolute atomic E-state index is 13.4. The number of ether oxygens (including phenoxy) is 1. The molecule has 2 N–H and O–H groups in total. The van der Waals surface area contributed by atoms with Gasteiger partial charge in [0.2, 0.25) is 5.95 Å². The lowest BCUT2D eigenvalue weighted by Gasteiger charge is -2.26. The number of amides is 1. The van der Waals surface area contributed by atoms with Gasteiger partial charge < -0.3 is 19.7 Å². The van der Waals surface area contributed by atoms with E-state index >= 15 is 0 Å². The number of carboxylic acids is 1. The lowest BCUT2D eigenvalue weighted by molar-refractivity contribution is -0.134. The molecule has 2 aromatic heterocycles. The van der Waals surface area contributed by atoms with Gasteiger partial charge in [-0.1, -0.05) is 72.8 Å². The van der Waals surface area contributed by atoms with E-state index in [2.05, 4.69) is 33.5 Å². The molecule has 0 unspecified atom stereocenters. The third-order valence-corrected chi connectivity index (χ3v) is 6.12. The fraction of sp³-hybridized carbons (Fsp3) is 0.233. The predicted molar refractivity (Wildman–Crippen MR) is 153 cm³/mol. The molecule has 0 spiro atoms. The molecule has 0 aliphatic carbocycles. The number of carbonyl (C=O) groups is 2. The summed E-state index contributed by atoms with van der Waals surface area (Å²) in [4.78, 5) is 40.0. The molecule has 0 saturated heterocycles. The highest BCUT2D eigenvalue weighted by atomic mass is 16.6. The zero-order valence-electron chi connectivity index (χ0n) is 22.5. The Balaban J connectivity index is 1.62. The highest BCUT2D eigenvalue weighted by molar-refractivity contribution is 5.91. The number of imidazole rings is 1. The zero-order valence-corrected chi connectivity index (χ0v) is 22.5. The van der Waals surface area contributed by atoms with Crippen molar-refractivity contribution in [2.24, 2.45) is 0 Å². The van der Waals surface area contributed by atoms with Crippen LogP contribution in [0.5, 0.6) is 0 Å². The second kappa shape index (κ2) is 11.0. The summed E-state index contributed by atoms with van der Waals surface area (Å²) in [5.74, 6) is -0.782. The number of anilines is 2. The van der Waals surface area contributed by atoms with Crippen molar-refractivity contribution < 1.29 is 19.4 Å². The summed E-state index contributed by atoms with van der Waals surface area (Å²) >= 11 is 0. The second-order valence-corrected chi connectivity index (χ2v) is 10.4. The molecule has 0 radical (unpaired) electrons. The van der Waals surface area contributed by atoms with Crippen LogP contribution >= 0.6 is 0 Å². The molecule has 0 fully saturated rings. The van der Waals surface area contributed by atoms with Crippen molar-refractivity contribution in [3.63, 3.8) is 0 Å². The molecule has 0 atom stereocenters. The quantitative estimate of drug-likeness (QED) is 0.267. The third kappa shape index (κ3) is 6.01. The van der Waals surface area contributed by atoms with Crippen molar-refractivity contribution in [3.05, 3.63) is 90.3 Å². The Hall–Kier alpha value is -4.99. The predicted octanol–water partition coefficient (Wildman–Crippen LogP) is 5.47. The molecule has 204 valence electrons. The molecule has 10 heteroatoms. The molecule has 0 aliphatic rings. The molecule has 1 amide bonds. The first-order valence-electron chi connectivity index (χ1n) is 12.9. The number of carbonyl (C=O) groups excluding carboxylic acids is 1. The number of hydrogen-bond acceptors (Lipinski definition) is 7. The van der Waals surface area contributed by atoms with Crippen LogP contribution < -0.4 is 10.2 Å². The average Bonchev–Trinajstić information content (AvgIpc) is 3.32. The average molecular weight is 539 g/mol. The van der Waals surface area contributed by atoms with Gasteiger partial charge in [-0.3, -0.25) is 4.79 Å². The Kier molecular flexibility index (Phi) is 7.33. The summed E-state index contributed by atoms with van der Waals surface area (Å²) in [6.07, 6.45) is 1.02. The summed E-state index contributed by atoms with van der Waals surface area (Å²) in [7, 11) is 0. The fourth-order valence-corrected chi connectivity index (χ4v) is 4.37. The van der Waals surface area contributed by atoms with E-state index in [9.17, 15) is 14.7 Å². The fourth-order valence-electron chi connectivity index (χ4n) is 4.37. The molecule has 40 heavy (non-hydrogen) atoms. The number of fused-ring (bicyclic) bond motifs is 2. The second-order valence-electron chi connectivity index (χ2n) is 10.4. The van der Waals surface area contributed by atoms with Crippen LogP contribution in [0.2, 0.25) is 0 Å². The van der Waals surface area contributed by atoms with Crippen molar-refractivity contribution in [3.8, 4) is 0 Å². The first-order valence-corrected chi connectivity index (χ1v) is 12.9. The van der Waals surface area contributed by atoms with E-state index in [4.69, 9.17) is 9.72 Å². The van der Waals surface area contributed by atoms with Crippen LogP contribution in [0.15, 0.2) is 79.1 Å². The first-order chi connectivity index (χ1) is 19.2. The number of hydrogen-bond donors (Lipinski definition) is 2. The maximum atomic E-state index is 13.4. The molecule has 3 aromatic carbocycles. The number of nitrogens with one attached hydrogen (secondary N) is 1. The van der Waals surface area contributed by atoms with Crippen molar-refractivity contribution in [1.29, 1.82) is 0 Å². The van der Waals surface area contributed by atoms with E-state index in [0.29, 0.717) is 17.7 Å². The van der Waals surface area contributed by atoms with E-state index in [1.54, 1.807) is 27.1 Å². The summed E-state index contributed by atoms with van der Waals surface area (Å²) in [6.45, 7) is 5.58. The standard InChI is InChI=1S/C30H30N6O4/c1-30(2,3)40-29(39)36(17-20-10-5-4-6-11-20)28-33-26(31-16-24(37)38)25-27(34-28)35(19-32-25)18-22-14-9-13-21-12-7-8-15-23(21)22/h4-15,19H,16-18H2,1-3H3,(H,37,38)(H,31,33,34). The van der Waals surface area contributed by atoms with Crippen molar-refractivity contribution in [2.75, 3.05) is 16.8 Å². The van der Waals surface area contributed by atoms with E-state index < -0.39 is 17.7 Å². The van der Waals surface area contributed by atoms with Gasteiger partial charge in [-0.25, -0.2) is 14.7 Å². The van der Waals surface area contributed by atoms with Crippen molar-refractivity contribution >= 4 is 45.8 Å². The summed E-state index contributed by atoms with van der Waals surface area (Å²) < 4.78 is 7.57. The van der Waals surface area contributed by atoms with E-state index in [0.717, 1.165) is 21.9 Å². The molecule has 5 rings (SSSR count).